The van der Waals surface area contributed by atoms with Crippen LogP contribution >= 0.6 is 0 Å². The van der Waals surface area contributed by atoms with E-state index in [-0.39, 0.29) is 12.7 Å². The monoisotopic (exact) mass is 404 g/mol. The average molecular weight is 404 g/mol. The Labute approximate surface area is 157 Å². The van der Waals surface area contributed by atoms with E-state index in [9.17, 15) is 8.42 Å². The minimum absolute atomic E-state index is 0.0738. The summed E-state index contributed by atoms with van der Waals surface area (Å²) in [6, 6.07) is 5.39. The second-order valence-electron chi connectivity index (χ2n) is 5.87. The topological polar surface area (TPSA) is 162 Å². The van der Waals surface area contributed by atoms with E-state index >= 15 is 0 Å². The normalized spacial score (nSPS) is 15.6. The van der Waals surface area contributed by atoms with Crippen molar-refractivity contribution in [2.75, 3.05) is 30.7 Å². The highest BCUT2D eigenvalue weighted by molar-refractivity contribution is 7.92. The van der Waals surface area contributed by atoms with Crippen LogP contribution in [-0.4, -0.2) is 67.7 Å². The van der Waals surface area contributed by atoms with Crippen molar-refractivity contribution >= 4 is 27.6 Å². The molecule has 1 aromatic rings. The van der Waals surface area contributed by atoms with E-state index in [2.05, 4.69) is 10.0 Å². The number of nitrogens with one attached hydrogen (secondary N) is 2. The SMILES string of the molecule is CS(=O)(=O)Nc1ccc2c(c1)OC(CNCCCO)CC2.O=C(O)C(=O)O. The highest BCUT2D eigenvalue weighted by Crippen LogP contribution is 2.30. The van der Waals surface area contributed by atoms with Crippen molar-refractivity contribution in [1.82, 2.24) is 5.32 Å². The van der Waals surface area contributed by atoms with Gasteiger partial charge in [-0.1, -0.05) is 6.07 Å². The van der Waals surface area contributed by atoms with Crippen LogP contribution in [0.4, 0.5) is 5.69 Å². The molecule has 0 saturated heterocycles. The number of hydrogen-bond donors (Lipinski definition) is 5. The smallest absolute Gasteiger partial charge is 0.414 e. The van der Waals surface area contributed by atoms with Crippen LogP contribution in [0.25, 0.3) is 0 Å². The number of aliphatic carboxylic acids is 2. The largest absolute Gasteiger partial charge is 0.489 e. The van der Waals surface area contributed by atoms with Gasteiger partial charge in [-0.2, -0.15) is 0 Å². The van der Waals surface area contributed by atoms with Crippen LogP contribution in [-0.2, 0) is 26.0 Å². The molecule has 0 spiro atoms. The number of carboxylic acid groups (broad SMARTS) is 2. The fourth-order valence-electron chi connectivity index (χ4n) is 2.31. The Morgan fingerprint density at radius 2 is 1.93 bits per heavy atom. The molecule has 0 saturated carbocycles. The van der Waals surface area contributed by atoms with Crippen molar-refractivity contribution in [2.24, 2.45) is 0 Å². The van der Waals surface area contributed by atoms with Crippen LogP contribution in [0, 0.1) is 0 Å². The van der Waals surface area contributed by atoms with Gasteiger partial charge in [0, 0.05) is 19.2 Å². The van der Waals surface area contributed by atoms with Crippen molar-refractivity contribution in [1.29, 1.82) is 0 Å². The van der Waals surface area contributed by atoms with E-state index in [1.165, 1.54) is 0 Å². The van der Waals surface area contributed by atoms with Gasteiger partial charge in [-0.25, -0.2) is 18.0 Å². The summed E-state index contributed by atoms with van der Waals surface area (Å²) in [4.78, 5) is 18.2. The highest BCUT2D eigenvalue weighted by atomic mass is 32.2. The average Bonchev–Trinajstić information content (AvgIpc) is 2.57. The Kier molecular flexibility index (Phi) is 8.98. The van der Waals surface area contributed by atoms with E-state index in [4.69, 9.17) is 29.6 Å². The molecule has 1 aliphatic heterocycles. The van der Waals surface area contributed by atoms with Gasteiger partial charge in [0.25, 0.3) is 0 Å². The van der Waals surface area contributed by atoms with Crippen molar-refractivity contribution in [3.63, 3.8) is 0 Å². The standard InChI is InChI=1S/C14H22N2O4S.C2H2O4/c1-21(18,19)16-12-5-3-11-4-6-13(20-14(11)9-12)10-15-7-2-8-17;3-1(4)2(5)6/h3,5,9,13,15-17H,2,4,6-8,10H2,1H3;(H,3,4)(H,5,6). The number of aliphatic hydroxyl groups is 1. The molecule has 1 heterocycles. The zero-order valence-corrected chi connectivity index (χ0v) is 15.7. The first-order valence-electron chi connectivity index (χ1n) is 8.17. The number of carbonyl (C=O) groups is 2. The Morgan fingerprint density at radius 1 is 1.26 bits per heavy atom. The van der Waals surface area contributed by atoms with Crippen molar-refractivity contribution < 1.29 is 38.1 Å². The van der Waals surface area contributed by atoms with Crippen LogP contribution in [0.1, 0.15) is 18.4 Å². The van der Waals surface area contributed by atoms with Crippen LogP contribution in [0.15, 0.2) is 18.2 Å². The zero-order valence-electron chi connectivity index (χ0n) is 14.8. The number of carboxylic acids is 2. The van der Waals surface area contributed by atoms with E-state index < -0.39 is 22.0 Å². The summed E-state index contributed by atoms with van der Waals surface area (Å²) in [6.45, 7) is 1.67. The number of sulfonamides is 1. The molecule has 152 valence electrons. The number of aliphatic hydroxyl groups excluding tert-OH is 1. The van der Waals surface area contributed by atoms with Gasteiger partial charge in [-0.3, -0.25) is 4.72 Å². The second kappa shape index (κ2) is 10.7. The maximum atomic E-state index is 11.3. The lowest BCUT2D eigenvalue weighted by Crippen LogP contribution is -2.34. The van der Waals surface area contributed by atoms with Gasteiger partial charge in [0.15, 0.2) is 0 Å². The zero-order chi connectivity index (χ0) is 20.4. The van der Waals surface area contributed by atoms with Gasteiger partial charge < -0.3 is 25.4 Å². The van der Waals surface area contributed by atoms with Crippen LogP contribution in [0.2, 0.25) is 0 Å². The number of anilines is 1. The lowest BCUT2D eigenvalue weighted by molar-refractivity contribution is -0.159. The molecule has 0 radical (unpaired) electrons. The van der Waals surface area contributed by atoms with Gasteiger partial charge in [-0.05, 0) is 37.4 Å². The first-order valence-corrected chi connectivity index (χ1v) is 10.1. The quantitative estimate of drug-likeness (QED) is 0.308. The molecule has 0 bridgehead atoms. The van der Waals surface area contributed by atoms with Gasteiger partial charge in [0.2, 0.25) is 10.0 Å². The van der Waals surface area contributed by atoms with Crippen molar-refractivity contribution in [3.05, 3.63) is 23.8 Å². The van der Waals surface area contributed by atoms with E-state index in [1.807, 2.05) is 6.07 Å². The predicted molar refractivity (Wildman–Crippen MR) is 97.5 cm³/mol. The Balaban J connectivity index is 0.000000527. The number of fused-ring (bicyclic) bond motifs is 1. The summed E-state index contributed by atoms with van der Waals surface area (Å²) in [5, 5.41) is 26.8. The lowest BCUT2D eigenvalue weighted by atomic mass is 10.0. The summed E-state index contributed by atoms with van der Waals surface area (Å²) < 4.78 is 30.9. The molecule has 1 aliphatic rings. The van der Waals surface area contributed by atoms with Crippen LogP contribution in [0.5, 0.6) is 5.75 Å². The van der Waals surface area contributed by atoms with Gasteiger partial charge in [0.05, 0.1) is 11.9 Å². The predicted octanol–water partition coefficient (Wildman–Crippen LogP) is -0.121. The summed E-state index contributed by atoms with van der Waals surface area (Å²) in [5.41, 5.74) is 1.62. The molecule has 27 heavy (non-hydrogen) atoms. The molecule has 0 fully saturated rings. The molecule has 0 amide bonds. The molecule has 1 atom stereocenters. The highest BCUT2D eigenvalue weighted by Gasteiger charge is 2.20. The number of hydrogen-bond acceptors (Lipinski definition) is 7. The number of ether oxygens (including phenoxy) is 1. The minimum Gasteiger partial charge on any atom is -0.489 e. The molecule has 0 aromatic heterocycles. The molecule has 11 heteroatoms. The molecular formula is C16H24N2O8S. The van der Waals surface area contributed by atoms with Gasteiger partial charge in [0.1, 0.15) is 11.9 Å². The summed E-state index contributed by atoms with van der Waals surface area (Å²) >= 11 is 0. The summed E-state index contributed by atoms with van der Waals surface area (Å²) in [5.74, 6) is -2.91. The first-order chi connectivity index (χ1) is 12.6. The molecular weight excluding hydrogens is 380 g/mol. The maximum absolute atomic E-state index is 11.3. The molecule has 1 aromatic carbocycles. The summed E-state index contributed by atoms with van der Waals surface area (Å²) in [6.07, 6.45) is 3.77. The Hall–Kier alpha value is -2.37. The number of rotatable bonds is 7. The number of benzene rings is 1. The van der Waals surface area contributed by atoms with Crippen LogP contribution < -0.4 is 14.8 Å². The van der Waals surface area contributed by atoms with Crippen LogP contribution in [0.3, 0.4) is 0 Å². The third-order valence-corrected chi connectivity index (χ3v) is 4.07. The fraction of sp³-hybridized carbons (Fsp3) is 0.500. The molecule has 1 unspecified atom stereocenters. The molecule has 2 rings (SSSR count). The third-order valence-electron chi connectivity index (χ3n) is 3.47. The van der Waals surface area contributed by atoms with Crippen molar-refractivity contribution in [2.45, 2.75) is 25.4 Å². The maximum Gasteiger partial charge on any atom is 0.414 e. The molecule has 0 aliphatic carbocycles. The van der Waals surface area contributed by atoms with Gasteiger partial charge >= 0.3 is 11.9 Å². The molecule has 5 N–H and O–H groups in total. The van der Waals surface area contributed by atoms with E-state index in [0.29, 0.717) is 5.69 Å². The summed E-state index contributed by atoms with van der Waals surface area (Å²) in [7, 11) is -3.28. The van der Waals surface area contributed by atoms with Crippen molar-refractivity contribution in [3.8, 4) is 5.75 Å². The fourth-order valence-corrected chi connectivity index (χ4v) is 2.87. The first kappa shape index (κ1) is 22.7. The lowest BCUT2D eigenvalue weighted by Gasteiger charge is -2.27. The van der Waals surface area contributed by atoms with E-state index in [0.717, 1.165) is 49.9 Å². The second-order valence-corrected chi connectivity index (χ2v) is 7.62. The Morgan fingerprint density at radius 3 is 2.48 bits per heavy atom. The third kappa shape index (κ3) is 9.22. The number of aryl methyl sites for hydroxylation is 1. The minimum atomic E-state index is -3.28. The Bertz CT molecular complexity index is 739. The van der Waals surface area contributed by atoms with E-state index in [1.54, 1.807) is 12.1 Å². The molecule has 10 nitrogen and oxygen atoms in total. The van der Waals surface area contributed by atoms with Gasteiger partial charge in [-0.15, -0.1) is 0 Å².